The molecule has 0 aliphatic heterocycles. The zero-order valence-electron chi connectivity index (χ0n) is 11.8. The van der Waals surface area contributed by atoms with Gasteiger partial charge in [0.15, 0.2) is 0 Å². The lowest BCUT2D eigenvalue weighted by molar-refractivity contribution is -0.147. The van der Waals surface area contributed by atoms with Crippen LogP contribution in [-0.4, -0.2) is 32.4 Å². The van der Waals surface area contributed by atoms with Gasteiger partial charge in [-0.25, -0.2) is 0 Å². The smallest absolute Gasteiger partial charge is 0.326 e. The largest absolute Gasteiger partial charge is 0.480 e. The number of carboxylic acid groups (broad SMARTS) is 1. The molecule has 0 radical (unpaired) electrons. The van der Waals surface area contributed by atoms with E-state index >= 15 is 0 Å². The lowest BCUT2D eigenvalue weighted by Crippen LogP contribution is -2.58. The highest BCUT2D eigenvalue weighted by Gasteiger charge is 2.53. The Morgan fingerprint density at radius 2 is 2.10 bits per heavy atom. The molecule has 0 saturated heterocycles. The summed E-state index contributed by atoms with van der Waals surface area (Å²) in [4.78, 5) is 12.0. The molecule has 2 saturated carbocycles. The topological polar surface area (TPSA) is 67.2 Å². The number of aliphatic carboxylic acids is 1. The number of hydrogen-bond donors (Lipinski definition) is 2. The molecule has 2 aliphatic rings. The second-order valence-corrected chi connectivity index (χ2v) is 6.90. The van der Waals surface area contributed by atoms with E-state index in [4.69, 9.17) is 0 Å². The average Bonchev–Trinajstić information content (AvgIpc) is 3.26. The highest BCUT2D eigenvalue weighted by atomic mass is 79.9. The fraction of sp³-hybridized carbons (Fsp3) is 0.714. The summed E-state index contributed by atoms with van der Waals surface area (Å²) in [6, 6.07) is 0.368. The van der Waals surface area contributed by atoms with Crippen molar-refractivity contribution >= 4 is 21.9 Å². The Morgan fingerprint density at radius 1 is 1.45 bits per heavy atom. The van der Waals surface area contributed by atoms with E-state index in [1.807, 2.05) is 18.5 Å². The molecule has 6 heteroatoms. The Balaban J connectivity index is 1.92. The normalized spacial score (nSPS) is 21.8. The molecule has 1 aromatic heterocycles. The molecule has 2 aliphatic carbocycles. The number of aromatic nitrogens is 2. The number of rotatable bonds is 6. The standard InChI is InChI=1S/C14H20BrN3O2/c1-8-12(15)9(2)18(17-8)7-14(13(19)20,10-3-4-10)16-11-5-6-11/h10-11,16H,3-7H2,1-2H3,(H,19,20). The molecular formula is C14H20BrN3O2. The molecule has 2 N–H and O–H groups in total. The molecule has 0 aromatic carbocycles. The highest BCUT2D eigenvalue weighted by Crippen LogP contribution is 2.43. The van der Waals surface area contributed by atoms with Gasteiger partial charge in [0.25, 0.3) is 0 Å². The quantitative estimate of drug-likeness (QED) is 0.832. The van der Waals surface area contributed by atoms with Crippen LogP contribution in [0.4, 0.5) is 0 Å². The van der Waals surface area contributed by atoms with Crippen LogP contribution in [0.1, 0.15) is 37.1 Å². The number of hydrogen-bond acceptors (Lipinski definition) is 3. The molecule has 1 unspecified atom stereocenters. The first-order valence-electron chi connectivity index (χ1n) is 7.14. The van der Waals surface area contributed by atoms with Crippen molar-refractivity contribution in [2.75, 3.05) is 0 Å². The van der Waals surface area contributed by atoms with Gasteiger partial charge < -0.3 is 5.11 Å². The first kappa shape index (κ1) is 14.1. The number of aryl methyl sites for hydroxylation is 1. The van der Waals surface area contributed by atoms with Crippen LogP contribution in [0.2, 0.25) is 0 Å². The van der Waals surface area contributed by atoms with Gasteiger partial charge in [0.1, 0.15) is 5.54 Å². The molecule has 1 aromatic rings. The van der Waals surface area contributed by atoms with Gasteiger partial charge in [0.2, 0.25) is 0 Å². The number of nitrogens with zero attached hydrogens (tertiary/aromatic N) is 2. The zero-order valence-corrected chi connectivity index (χ0v) is 13.4. The predicted octanol–water partition coefficient (Wildman–Crippen LogP) is 2.25. The minimum absolute atomic E-state index is 0.225. The Hall–Kier alpha value is -0.880. The molecule has 1 atom stereocenters. The maximum atomic E-state index is 12.0. The van der Waals surface area contributed by atoms with Crippen LogP contribution in [0, 0.1) is 19.8 Å². The van der Waals surface area contributed by atoms with Gasteiger partial charge in [0.05, 0.1) is 16.7 Å². The van der Waals surface area contributed by atoms with Gasteiger partial charge in [0, 0.05) is 11.7 Å². The first-order chi connectivity index (χ1) is 9.44. The Labute approximate surface area is 126 Å². The second-order valence-electron chi connectivity index (χ2n) is 6.11. The van der Waals surface area contributed by atoms with Gasteiger partial charge in [-0.15, -0.1) is 0 Å². The lowest BCUT2D eigenvalue weighted by Gasteiger charge is -2.31. The van der Waals surface area contributed by atoms with E-state index in [1.54, 1.807) is 0 Å². The van der Waals surface area contributed by atoms with Gasteiger partial charge in [-0.05, 0) is 61.4 Å². The maximum absolute atomic E-state index is 12.0. The molecule has 110 valence electrons. The van der Waals surface area contributed by atoms with Crippen LogP contribution < -0.4 is 5.32 Å². The van der Waals surface area contributed by atoms with Crippen molar-refractivity contribution < 1.29 is 9.90 Å². The van der Waals surface area contributed by atoms with E-state index in [9.17, 15) is 9.90 Å². The summed E-state index contributed by atoms with van der Waals surface area (Å²) < 4.78 is 2.81. The number of carboxylic acids is 1. The molecular weight excluding hydrogens is 322 g/mol. The Morgan fingerprint density at radius 3 is 2.50 bits per heavy atom. The number of nitrogens with one attached hydrogen (secondary N) is 1. The average molecular weight is 342 g/mol. The van der Waals surface area contributed by atoms with E-state index in [0.717, 1.165) is 41.5 Å². The summed E-state index contributed by atoms with van der Waals surface area (Å²) in [7, 11) is 0. The van der Waals surface area contributed by atoms with E-state index in [-0.39, 0.29) is 5.92 Å². The van der Waals surface area contributed by atoms with Crippen molar-refractivity contribution in [2.45, 2.75) is 57.7 Å². The summed E-state index contributed by atoms with van der Waals surface area (Å²) in [5.74, 6) is -0.515. The molecule has 5 nitrogen and oxygen atoms in total. The number of carbonyl (C=O) groups is 1. The molecule has 0 amide bonds. The van der Waals surface area contributed by atoms with Gasteiger partial charge >= 0.3 is 5.97 Å². The summed E-state index contributed by atoms with van der Waals surface area (Å²) in [5, 5.41) is 17.7. The van der Waals surface area contributed by atoms with E-state index in [2.05, 4.69) is 26.3 Å². The van der Waals surface area contributed by atoms with E-state index in [1.165, 1.54) is 0 Å². The maximum Gasteiger partial charge on any atom is 0.326 e. The van der Waals surface area contributed by atoms with Crippen LogP contribution in [0.3, 0.4) is 0 Å². The summed E-state index contributed by atoms with van der Waals surface area (Å²) >= 11 is 3.51. The second kappa shape index (κ2) is 4.84. The van der Waals surface area contributed by atoms with Crippen LogP contribution in [0.25, 0.3) is 0 Å². The number of halogens is 1. The monoisotopic (exact) mass is 341 g/mol. The summed E-state index contributed by atoms with van der Waals surface area (Å²) in [6.45, 7) is 4.31. The van der Waals surface area contributed by atoms with Crippen LogP contribution >= 0.6 is 15.9 Å². The Kier molecular flexibility index (Phi) is 3.41. The van der Waals surface area contributed by atoms with Crippen LogP contribution in [0.5, 0.6) is 0 Å². The third kappa shape index (κ3) is 2.39. The summed E-state index contributed by atoms with van der Waals surface area (Å²) in [5.41, 5.74) is 1.04. The highest BCUT2D eigenvalue weighted by molar-refractivity contribution is 9.10. The van der Waals surface area contributed by atoms with Gasteiger partial charge in [-0.1, -0.05) is 0 Å². The summed E-state index contributed by atoms with van der Waals surface area (Å²) in [6.07, 6.45) is 4.16. The van der Waals surface area contributed by atoms with Crippen molar-refractivity contribution in [3.8, 4) is 0 Å². The van der Waals surface area contributed by atoms with Gasteiger partial charge in [-0.3, -0.25) is 14.8 Å². The molecule has 1 heterocycles. The zero-order chi connectivity index (χ0) is 14.5. The Bertz CT molecular complexity index is 549. The van der Waals surface area contributed by atoms with Crippen molar-refractivity contribution in [1.82, 2.24) is 15.1 Å². The molecule has 2 fully saturated rings. The van der Waals surface area contributed by atoms with E-state index in [0.29, 0.717) is 12.6 Å². The molecule has 3 rings (SSSR count). The molecule has 0 spiro atoms. The van der Waals surface area contributed by atoms with Gasteiger partial charge in [-0.2, -0.15) is 5.10 Å². The molecule has 20 heavy (non-hydrogen) atoms. The predicted molar refractivity (Wildman–Crippen MR) is 78.6 cm³/mol. The van der Waals surface area contributed by atoms with Crippen molar-refractivity contribution in [3.05, 3.63) is 15.9 Å². The molecule has 0 bridgehead atoms. The minimum atomic E-state index is -0.857. The lowest BCUT2D eigenvalue weighted by atomic mass is 9.92. The van der Waals surface area contributed by atoms with Crippen molar-refractivity contribution in [1.29, 1.82) is 0 Å². The fourth-order valence-corrected chi connectivity index (χ4v) is 3.11. The van der Waals surface area contributed by atoms with Crippen LogP contribution in [-0.2, 0) is 11.3 Å². The van der Waals surface area contributed by atoms with Crippen molar-refractivity contribution in [2.24, 2.45) is 5.92 Å². The third-order valence-corrected chi connectivity index (χ3v) is 5.53. The third-order valence-electron chi connectivity index (χ3n) is 4.39. The minimum Gasteiger partial charge on any atom is -0.480 e. The SMILES string of the molecule is Cc1nn(CC(NC2CC2)(C(=O)O)C2CC2)c(C)c1Br. The first-order valence-corrected chi connectivity index (χ1v) is 7.94. The van der Waals surface area contributed by atoms with E-state index < -0.39 is 11.5 Å². The van der Waals surface area contributed by atoms with Crippen molar-refractivity contribution in [3.63, 3.8) is 0 Å². The fourth-order valence-electron chi connectivity index (χ4n) is 2.83. The van der Waals surface area contributed by atoms with Crippen LogP contribution in [0.15, 0.2) is 4.47 Å².